The fraction of sp³-hybridized carbons (Fsp3) is 0.143. The number of allylic oxidation sites excluding steroid dienone is 1. The van der Waals surface area contributed by atoms with E-state index in [4.69, 9.17) is 0 Å². The molecule has 2 aromatic carbocycles. The summed E-state index contributed by atoms with van der Waals surface area (Å²) in [5, 5.41) is 0.901. The Labute approximate surface area is 146 Å². The van der Waals surface area contributed by atoms with E-state index >= 15 is 0 Å². The van der Waals surface area contributed by atoms with Gasteiger partial charge in [0.1, 0.15) is 0 Å². The van der Waals surface area contributed by atoms with Gasteiger partial charge in [0.2, 0.25) is 0 Å². The van der Waals surface area contributed by atoms with Gasteiger partial charge in [-0.05, 0) is 61.6 Å². The van der Waals surface area contributed by atoms with Crippen LogP contribution in [0.1, 0.15) is 28.5 Å². The molecule has 1 aromatic heterocycles. The lowest BCUT2D eigenvalue weighted by atomic mass is 9.98. The molecule has 0 fully saturated rings. The summed E-state index contributed by atoms with van der Waals surface area (Å²) in [5.74, 6) is 0.0469. The van der Waals surface area contributed by atoms with Gasteiger partial charge in [-0.25, -0.2) is 0 Å². The average Bonchev–Trinajstić information content (AvgIpc) is 2.61. The highest BCUT2D eigenvalue weighted by Gasteiger charge is 2.13. The van der Waals surface area contributed by atoms with E-state index in [1.807, 2.05) is 62.4 Å². The molecule has 0 amide bonds. The number of hydrogen-bond acceptors (Lipinski definition) is 3. The Morgan fingerprint density at radius 3 is 2.50 bits per heavy atom. The van der Waals surface area contributed by atoms with Gasteiger partial charge in [0.05, 0.1) is 5.52 Å². The molecule has 0 bridgehead atoms. The summed E-state index contributed by atoms with van der Waals surface area (Å²) in [6.45, 7) is 3.79. The van der Waals surface area contributed by atoms with Gasteiger partial charge in [-0.2, -0.15) is 0 Å². The molecule has 24 heavy (non-hydrogen) atoms. The van der Waals surface area contributed by atoms with Crippen molar-refractivity contribution in [1.29, 1.82) is 0 Å². The summed E-state index contributed by atoms with van der Waals surface area (Å²) in [4.78, 5) is 18.7. The molecule has 0 radical (unpaired) electrons. The number of pyridine rings is 1. The summed E-state index contributed by atoms with van der Waals surface area (Å²) in [7, 11) is 0. The molecule has 1 heterocycles. The molecule has 0 aliphatic carbocycles. The molecule has 0 aliphatic heterocycles. The second-order valence-corrected chi connectivity index (χ2v) is 6.64. The lowest BCUT2D eigenvalue weighted by Crippen LogP contribution is -2.03. The number of fused-ring (bicyclic) bond motifs is 1. The molecule has 2 nitrogen and oxygen atoms in total. The Balaban J connectivity index is 2.00. The summed E-state index contributed by atoms with van der Waals surface area (Å²) in [6.07, 6.45) is 3.99. The quantitative estimate of drug-likeness (QED) is 0.356. The molecular weight excluding hydrogens is 314 g/mol. The van der Waals surface area contributed by atoms with Crippen LogP contribution in [0, 0.1) is 6.92 Å². The molecule has 3 rings (SSSR count). The second-order valence-electron chi connectivity index (χ2n) is 5.76. The highest BCUT2D eigenvalue weighted by atomic mass is 32.2. The zero-order chi connectivity index (χ0) is 17.1. The number of aromatic nitrogens is 1. The Morgan fingerprint density at radius 2 is 1.79 bits per heavy atom. The minimum atomic E-state index is 0.0469. The number of carbonyl (C=O) groups excluding carboxylic acids is 1. The number of rotatable bonds is 4. The van der Waals surface area contributed by atoms with Crippen LogP contribution in [0.4, 0.5) is 0 Å². The highest BCUT2D eigenvalue weighted by molar-refractivity contribution is 7.98. The Bertz CT molecular complexity index is 926. The third-order valence-corrected chi connectivity index (χ3v) is 4.69. The van der Waals surface area contributed by atoms with Crippen molar-refractivity contribution in [3.05, 3.63) is 77.0 Å². The van der Waals surface area contributed by atoms with Crippen LogP contribution in [-0.4, -0.2) is 17.0 Å². The minimum absolute atomic E-state index is 0.0469. The van der Waals surface area contributed by atoms with Gasteiger partial charge >= 0.3 is 0 Å². The number of para-hydroxylation sites is 1. The van der Waals surface area contributed by atoms with E-state index in [2.05, 4.69) is 23.4 Å². The van der Waals surface area contributed by atoms with Gasteiger partial charge in [-0.3, -0.25) is 9.78 Å². The van der Waals surface area contributed by atoms with Gasteiger partial charge in [-0.15, -0.1) is 11.8 Å². The predicted molar refractivity (Wildman–Crippen MR) is 103 cm³/mol. The fourth-order valence-corrected chi connectivity index (χ4v) is 3.13. The first kappa shape index (κ1) is 16.5. The first-order valence-corrected chi connectivity index (χ1v) is 9.04. The molecule has 0 unspecified atom stereocenters. The third kappa shape index (κ3) is 3.41. The minimum Gasteiger partial charge on any atom is -0.289 e. The largest absolute Gasteiger partial charge is 0.289 e. The number of benzene rings is 2. The average molecular weight is 333 g/mol. The Morgan fingerprint density at radius 1 is 1.08 bits per heavy atom. The van der Waals surface area contributed by atoms with Gasteiger partial charge in [0, 0.05) is 21.5 Å². The van der Waals surface area contributed by atoms with E-state index in [1.165, 1.54) is 4.90 Å². The fourth-order valence-electron chi connectivity index (χ4n) is 2.72. The van der Waals surface area contributed by atoms with E-state index < -0.39 is 0 Å². The number of Topliss-reactive ketones (excluding diaryl/α,β-unsaturated/α-hetero) is 1. The van der Waals surface area contributed by atoms with Crippen molar-refractivity contribution in [3.63, 3.8) is 0 Å². The van der Waals surface area contributed by atoms with Crippen LogP contribution in [0.25, 0.3) is 17.0 Å². The molecular formula is C21H19NOS. The summed E-state index contributed by atoms with van der Waals surface area (Å²) < 4.78 is 0. The zero-order valence-corrected chi connectivity index (χ0v) is 14.9. The van der Waals surface area contributed by atoms with Crippen LogP contribution in [0.2, 0.25) is 0 Å². The molecule has 0 N–H and O–H groups in total. The van der Waals surface area contributed by atoms with Gasteiger partial charge in [0.25, 0.3) is 0 Å². The monoisotopic (exact) mass is 333 g/mol. The van der Waals surface area contributed by atoms with E-state index in [0.717, 1.165) is 27.7 Å². The number of ketones is 1. The number of thioether (sulfide) groups is 1. The van der Waals surface area contributed by atoms with Crippen molar-refractivity contribution in [2.45, 2.75) is 18.7 Å². The second kappa shape index (κ2) is 7.02. The molecule has 0 saturated carbocycles. The molecule has 0 spiro atoms. The van der Waals surface area contributed by atoms with Crippen LogP contribution in [-0.2, 0) is 0 Å². The number of nitrogens with zero attached hydrogens (tertiary/aromatic N) is 1. The lowest BCUT2D eigenvalue weighted by Gasteiger charge is -2.08. The maximum absolute atomic E-state index is 12.9. The maximum atomic E-state index is 12.9. The first-order chi connectivity index (χ1) is 11.6. The van der Waals surface area contributed by atoms with Crippen molar-refractivity contribution in [2.75, 3.05) is 6.26 Å². The predicted octanol–water partition coefficient (Wildman–Crippen LogP) is 5.55. The van der Waals surface area contributed by atoms with Crippen molar-refractivity contribution >= 4 is 34.5 Å². The summed E-state index contributed by atoms with van der Waals surface area (Å²) in [6, 6.07) is 17.9. The molecule has 3 aromatic rings. The van der Waals surface area contributed by atoms with E-state index in [0.29, 0.717) is 5.56 Å². The SMILES string of the molecule is CSc1ccc(/C=C(\C)C(=O)c2cc(C)nc3ccccc23)cc1. The lowest BCUT2D eigenvalue weighted by molar-refractivity contribution is 0.103. The Kier molecular flexibility index (Phi) is 4.81. The zero-order valence-electron chi connectivity index (χ0n) is 14.0. The molecule has 0 saturated heterocycles. The van der Waals surface area contributed by atoms with Crippen LogP contribution >= 0.6 is 11.8 Å². The molecule has 0 aliphatic rings. The summed E-state index contributed by atoms with van der Waals surface area (Å²) in [5.41, 5.74) is 4.19. The van der Waals surface area contributed by atoms with Crippen LogP contribution < -0.4 is 0 Å². The smallest absolute Gasteiger partial charge is 0.189 e. The van der Waals surface area contributed by atoms with Crippen LogP contribution in [0.15, 0.2) is 65.1 Å². The standard InChI is InChI=1S/C21H19NOS/c1-14(12-16-8-10-17(24-3)11-9-16)21(23)19-13-15(2)22-20-7-5-4-6-18(19)20/h4-13H,1-3H3/b14-12+. The molecule has 0 atom stereocenters. The number of hydrogen-bond donors (Lipinski definition) is 0. The van der Waals surface area contributed by atoms with E-state index in [1.54, 1.807) is 11.8 Å². The molecule has 120 valence electrons. The van der Waals surface area contributed by atoms with Crippen molar-refractivity contribution in [1.82, 2.24) is 4.98 Å². The topological polar surface area (TPSA) is 30.0 Å². The highest BCUT2D eigenvalue weighted by Crippen LogP contribution is 2.22. The van der Waals surface area contributed by atoms with E-state index in [-0.39, 0.29) is 5.78 Å². The van der Waals surface area contributed by atoms with Gasteiger partial charge in [-0.1, -0.05) is 30.3 Å². The Hall–Kier alpha value is -2.39. The van der Waals surface area contributed by atoms with Crippen molar-refractivity contribution in [3.8, 4) is 0 Å². The summed E-state index contributed by atoms with van der Waals surface area (Å²) >= 11 is 1.71. The third-order valence-electron chi connectivity index (χ3n) is 3.95. The van der Waals surface area contributed by atoms with Gasteiger partial charge in [0.15, 0.2) is 5.78 Å². The maximum Gasteiger partial charge on any atom is 0.189 e. The number of aryl methyl sites for hydroxylation is 1. The van der Waals surface area contributed by atoms with E-state index in [9.17, 15) is 4.79 Å². The van der Waals surface area contributed by atoms with Crippen LogP contribution in [0.3, 0.4) is 0 Å². The number of carbonyl (C=O) groups is 1. The normalized spacial score (nSPS) is 11.7. The van der Waals surface area contributed by atoms with Crippen LogP contribution in [0.5, 0.6) is 0 Å². The first-order valence-electron chi connectivity index (χ1n) is 7.82. The van der Waals surface area contributed by atoms with Crippen molar-refractivity contribution in [2.24, 2.45) is 0 Å². The molecule has 3 heteroatoms. The van der Waals surface area contributed by atoms with Crippen molar-refractivity contribution < 1.29 is 4.79 Å². The van der Waals surface area contributed by atoms with Gasteiger partial charge < -0.3 is 0 Å².